The highest BCUT2D eigenvalue weighted by Gasteiger charge is 1.87. The minimum atomic E-state index is 0.438. The van der Waals surface area contributed by atoms with Gasteiger partial charge >= 0.3 is 0 Å². The predicted molar refractivity (Wildman–Crippen MR) is 40.5 cm³/mol. The molecule has 0 aliphatic carbocycles. The lowest BCUT2D eigenvalue weighted by Crippen LogP contribution is -2.13. The van der Waals surface area contributed by atoms with E-state index in [2.05, 4.69) is 21.5 Å². The molecule has 0 atom stereocenters. The zero-order valence-electron chi connectivity index (χ0n) is 5.16. The number of nitrogens with zero attached hydrogens (tertiary/aromatic N) is 2. The molecule has 1 heterocycles. The molecular formula is C5H6N4S. The lowest BCUT2D eigenvalue weighted by Gasteiger charge is -1.98. The SMILES string of the molecule is C#CCNn1cn[nH]c1=S. The van der Waals surface area contributed by atoms with Crippen molar-refractivity contribution in [2.75, 3.05) is 12.0 Å². The molecule has 1 aromatic heterocycles. The Morgan fingerprint density at radius 2 is 2.80 bits per heavy atom. The second-order valence-electron chi connectivity index (χ2n) is 1.57. The summed E-state index contributed by atoms with van der Waals surface area (Å²) in [4.78, 5) is 0. The molecule has 0 aliphatic heterocycles. The Kier molecular flexibility index (Phi) is 2.07. The molecular weight excluding hydrogens is 148 g/mol. The van der Waals surface area contributed by atoms with Gasteiger partial charge in [0, 0.05) is 0 Å². The molecule has 0 radical (unpaired) electrons. The van der Waals surface area contributed by atoms with Gasteiger partial charge in [-0.05, 0) is 12.2 Å². The first-order valence-electron chi connectivity index (χ1n) is 2.64. The molecule has 0 saturated heterocycles. The summed E-state index contributed by atoms with van der Waals surface area (Å²) in [5.41, 5.74) is 2.83. The summed E-state index contributed by atoms with van der Waals surface area (Å²) in [5.74, 6) is 2.41. The van der Waals surface area contributed by atoms with E-state index < -0.39 is 0 Å². The van der Waals surface area contributed by atoms with Crippen molar-refractivity contribution in [3.63, 3.8) is 0 Å². The standard InChI is InChI=1S/C5H6N4S/c1-2-3-7-9-4-6-8-5(9)10/h1,4,7H,3H2,(H,8,10). The molecule has 0 aromatic carbocycles. The van der Waals surface area contributed by atoms with Gasteiger partial charge in [-0.25, -0.2) is 4.68 Å². The number of aromatic amines is 1. The third kappa shape index (κ3) is 1.36. The van der Waals surface area contributed by atoms with Crippen LogP contribution in [-0.2, 0) is 0 Å². The topological polar surface area (TPSA) is 45.6 Å². The summed E-state index contributed by atoms with van der Waals surface area (Å²) in [7, 11) is 0. The molecule has 0 spiro atoms. The van der Waals surface area contributed by atoms with Crippen LogP contribution in [0.25, 0.3) is 0 Å². The lowest BCUT2D eigenvalue weighted by atomic mass is 10.7. The van der Waals surface area contributed by atoms with Gasteiger partial charge in [-0.3, -0.25) is 5.10 Å². The Bertz CT molecular complexity index is 291. The molecule has 10 heavy (non-hydrogen) atoms. The highest BCUT2D eigenvalue weighted by atomic mass is 32.1. The smallest absolute Gasteiger partial charge is 0.214 e. The van der Waals surface area contributed by atoms with Crippen LogP contribution in [0, 0.1) is 17.1 Å². The Hall–Kier alpha value is -1.28. The second-order valence-corrected chi connectivity index (χ2v) is 1.96. The monoisotopic (exact) mass is 154 g/mol. The molecule has 0 bridgehead atoms. The minimum Gasteiger partial charge on any atom is -0.310 e. The number of nitrogens with one attached hydrogen (secondary N) is 2. The fourth-order valence-corrected chi connectivity index (χ4v) is 0.656. The van der Waals surface area contributed by atoms with Crippen LogP contribution >= 0.6 is 12.2 Å². The summed E-state index contributed by atoms with van der Waals surface area (Å²) >= 11 is 4.81. The van der Waals surface area contributed by atoms with Crippen molar-refractivity contribution >= 4 is 12.2 Å². The Balaban J connectivity index is 2.68. The van der Waals surface area contributed by atoms with Crippen molar-refractivity contribution in [2.45, 2.75) is 0 Å². The Morgan fingerprint density at radius 3 is 3.30 bits per heavy atom. The molecule has 0 aliphatic rings. The van der Waals surface area contributed by atoms with Crippen LogP contribution in [0.15, 0.2) is 6.33 Å². The van der Waals surface area contributed by atoms with Gasteiger partial charge in [-0.2, -0.15) is 5.10 Å². The Morgan fingerprint density at radius 1 is 2.00 bits per heavy atom. The molecule has 1 aromatic rings. The van der Waals surface area contributed by atoms with E-state index in [1.54, 1.807) is 4.68 Å². The highest BCUT2D eigenvalue weighted by Crippen LogP contribution is 1.79. The normalized spacial score (nSPS) is 8.70. The number of hydrogen-bond donors (Lipinski definition) is 2. The average molecular weight is 154 g/mol. The van der Waals surface area contributed by atoms with Gasteiger partial charge in [0.2, 0.25) is 4.77 Å². The van der Waals surface area contributed by atoms with E-state index in [9.17, 15) is 0 Å². The van der Waals surface area contributed by atoms with Gasteiger partial charge < -0.3 is 5.43 Å². The first kappa shape index (κ1) is 6.83. The van der Waals surface area contributed by atoms with Gasteiger partial charge in [0.25, 0.3) is 0 Å². The first-order valence-corrected chi connectivity index (χ1v) is 3.05. The zero-order chi connectivity index (χ0) is 7.40. The summed E-state index contributed by atoms with van der Waals surface area (Å²) in [6.45, 7) is 0.438. The maximum absolute atomic E-state index is 5.00. The maximum Gasteiger partial charge on any atom is 0.214 e. The number of H-pyrrole nitrogens is 1. The molecule has 0 saturated carbocycles. The lowest BCUT2D eigenvalue weighted by molar-refractivity contribution is 0.877. The molecule has 52 valence electrons. The van der Waals surface area contributed by atoms with Crippen molar-refractivity contribution < 1.29 is 0 Å². The van der Waals surface area contributed by atoms with Gasteiger partial charge in [0.05, 0.1) is 6.54 Å². The van der Waals surface area contributed by atoms with Crippen LogP contribution in [0.3, 0.4) is 0 Å². The van der Waals surface area contributed by atoms with Crippen LogP contribution in [-0.4, -0.2) is 21.4 Å². The molecule has 0 amide bonds. The van der Waals surface area contributed by atoms with Crippen molar-refractivity contribution in [3.05, 3.63) is 11.1 Å². The molecule has 4 nitrogen and oxygen atoms in total. The number of hydrogen-bond acceptors (Lipinski definition) is 3. The number of aromatic nitrogens is 3. The van der Waals surface area contributed by atoms with E-state index in [1.807, 2.05) is 0 Å². The van der Waals surface area contributed by atoms with E-state index >= 15 is 0 Å². The molecule has 2 N–H and O–H groups in total. The fourth-order valence-electron chi connectivity index (χ4n) is 0.492. The van der Waals surface area contributed by atoms with Crippen LogP contribution in [0.2, 0.25) is 0 Å². The molecule has 1 rings (SSSR count). The van der Waals surface area contributed by atoms with Crippen molar-refractivity contribution in [3.8, 4) is 12.3 Å². The van der Waals surface area contributed by atoms with Gasteiger partial charge in [-0.1, -0.05) is 5.92 Å². The summed E-state index contributed by atoms with van der Waals surface area (Å²) in [5, 5.41) is 6.25. The van der Waals surface area contributed by atoms with E-state index in [-0.39, 0.29) is 0 Å². The van der Waals surface area contributed by atoms with Crippen molar-refractivity contribution in [1.82, 2.24) is 14.9 Å². The number of rotatable bonds is 2. The van der Waals surface area contributed by atoms with Crippen LogP contribution < -0.4 is 5.43 Å². The second kappa shape index (κ2) is 3.03. The molecule has 0 unspecified atom stereocenters. The van der Waals surface area contributed by atoms with Crippen LogP contribution in [0.5, 0.6) is 0 Å². The van der Waals surface area contributed by atoms with E-state index in [0.717, 1.165) is 0 Å². The summed E-state index contributed by atoms with van der Waals surface area (Å²) in [6.07, 6.45) is 6.53. The minimum absolute atomic E-state index is 0.438. The summed E-state index contributed by atoms with van der Waals surface area (Å²) in [6, 6.07) is 0. The largest absolute Gasteiger partial charge is 0.310 e. The van der Waals surface area contributed by atoms with Gasteiger partial charge in [0.1, 0.15) is 6.33 Å². The third-order valence-corrected chi connectivity index (χ3v) is 1.19. The van der Waals surface area contributed by atoms with Gasteiger partial charge in [0.15, 0.2) is 0 Å². The number of terminal acetylenes is 1. The predicted octanol–water partition coefficient (Wildman–Crippen LogP) is 0.117. The zero-order valence-corrected chi connectivity index (χ0v) is 5.98. The summed E-state index contributed by atoms with van der Waals surface area (Å²) < 4.78 is 2.06. The quantitative estimate of drug-likeness (QED) is 0.469. The molecule has 5 heteroatoms. The maximum atomic E-state index is 5.00. The Labute approximate surface area is 63.2 Å². The van der Waals surface area contributed by atoms with Crippen molar-refractivity contribution in [1.29, 1.82) is 0 Å². The van der Waals surface area contributed by atoms with E-state index in [1.165, 1.54) is 6.33 Å². The third-order valence-electron chi connectivity index (χ3n) is 0.904. The first-order chi connectivity index (χ1) is 4.84. The van der Waals surface area contributed by atoms with Crippen molar-refractivity contribution in [2.24, 2.45) is 0 Å². The molecule has 0 fully saturated rings. The van der Waals surface area contributed by atoms with Gasteiger partial charge in [-0.15, -0.1) is 6.42 Å². The highest BCUT2D eigenvalue weighted by molar-refractivity contribution is 7.71. The average Bonchev–Trinajstić information content (AvgIpc) is 2.31. The van der Waals surface area contributed by atoms with E-state index in [0.29, 0.717) is 11.3 Å². The van der Waals surface area contributed by atoms with Crippen LogP contribution in [0.4, 0.5) is 0 Å². The van der Waals surface area contributed by atoms with E-state index in [4.69, 9.17) is 18.6 Å². The van der Waals surface area contributed by atoms with Crippen LogP contribution in [0.1, 0.15) is 0 Å². The fraction of sp³-hybridized carbons (Fsp3) is 0.200.